The second-order valence-corrected chi connectivity index (χ2v) is 2.86. The van der Waals surface area contributed by atoms with Gasteiger partial charge in [0.1, 0.15) is 5.69 Å². The molecule has 0 unspecified atom stereocenters. The van der Waals surface area contributed by atoms with E-state index >= 15 is 0 Å². The number of rotatable bonds is 2. The molecule has 2 aromatic heterocycles. The fourth-order valence-electron chi connectivity index (χ4n) is 1.08. The highest BCUT2D eigenvalue weighted by Crippen LogP contribution is 2.14. The molecule has 0 aliphatic carbocycles. The predicted molar refractivity (Wildman–Crippen MR) is 56.8 cm³/mol. The number of nitrogen functional groups attached to an aromatic ring is 1. The minimum atomic E-state index is -0.364. The van der Waals surface area contributed by atoms with Crippen LogP contribution in [0.15, 0.2) is 35.6 Å². The van der Waals surface area contributed by atoms with Gasteiger partial charge in [-0.1, -0.05) is 0 Å². The Balaban J connectivity index is 2.33. The van der Waals surface area contributed by atoms with E-state index in [-0.39, 0.29) is 11.2 Å². The summed E-state index contributed by atoms with van der Waals surface area (Å²) in [4.78, 5) is 21.4. The maximum Gasteiger partial charge on any atom is 0.276 e. The summed E-state index contributed by atoms with van der Waals surface area (Å²) in [7, 11) is 0. The molecule has 2 heterocycles. The Hall–Kier alpha value is -2.37. The Kier molecular flexibility index (Phi) is 2.32. The van der Waals surface area contributed by atoms with Gasteiger partial charge in [-0.15, -0.1) is 0 Å². The highest BCUT2D eigenvalue weighted by molar-refractivity contribution is 5.66. The van der Waals surface area contributed by atoms with Crippen molar-refractivity contribution in [3.05, 3.63) is 41.2 Å². The van der Waals surface area contributed by atoms with Crippen LogP contribution in [-0.2, 0) is 0 Å². The lowest BCUT2D eigenvalue weighted by Crippen LogP contribution is -2.14. The second kappa shape index (κ2) is 3.79. The van der Waals surface area contributed by atoms with Crippen LogP contribution < -0.4 is 16.6 Å². The first-order valence-corrected chi connectivity index (χ1v) is 4.27. The standard InChI is InChI=1S/C9H9N5O/c10-7-8(12-5-13-9(7)15)14-6-2-1-3-11-4-6/h1-5H,10H2,(H2,12,13,14,15). The molecule has 6 nitrogen and oxygen atoms in total. The maximum absolute atomic E-state index is 11.2. The van der Waals surface area contributed by atoms with E-state index in [0.717, 1.165) is 5.69 Å². The van der Waals surface area contributed by atoms with Gasteiger partial charge in [-0.05, 0) is 12.1 Å². The van der Waals surface area contributed by atoms with Gasteiger partial charge in [-0.2, -0.15) is 0 Å². The molecule has 0 saturated carbocycles. The molecule has 15 heavy (non-hydrogen) atoms. The van der Waals surface area contributed by atoms with Gasteiger partial charge in [0.15, 0.2) is 5.82 Å². The van der Waals surface area contributed by atoms with Crippen molar-refractivity contribution in [1.82, 2.24) is 15.0 Å². The van der Waals surface area contributed by atoms with Gasteiger partial charge >= 0.3 is 0 Å². The van der Waals surface area contributed by atoms with Gasteiger partial charge in [0.2, 0.25) is 0 Å². The topological polar surface area (TPSA) is 96.7 Å². The lowest BCUT2D eigenvalue weighted by molar-refractivity contribution is 1.12. The zero-order valence-electron chi connectivity index (χ0n) is 7.77. The van der Waals surface area contributed by atoms with E-state index in [1.165, 1.54) is 6.33 Å². The van der Waals surface area contributed by atoms with Crippen LogP contribution in [0.5, 0.6) is 0 Å². The number of aromatic amines is 1. The molecule has 0 aliphatic rings. The number of hydrogen-bond acceptors (Lipinski definition) is 5. The van der Waals surface area contributed by atoms with E-state index < -0.39 is 0 Å². The minimum Gasteiger partial charge on any atom is -0.391 e. The summed E-state index contributed by atoms with van der Waals surface area (Å²) in [6, 6.07) is 3.57. The molecular weight excluding hydrogens is 194 g/mol. The van der Waals surface area contributed by atoms with E-state index in [0.29, 0.717) is 5.82 Å². The molecule has 76 valence electrons. The third-order valence-corrected chi connectivity index (χ3v) is 1.81. The quantitative estimate of drug-likeness (QED) is 0.660. The molecule has 4 N–H and O–H groups in total. The average Bonchev–Trinajstić information content (AvgIpc) is 2.26. The SMILES string of the molecule is Nc1c(Nc2cccnc2)nc[nH]c1=O. The lowest BCUT2D eigenvalue weighted by Gasteiger charge is -2.05. The van der Waals surface area contributed by atoms with Crippen LogP contribution >= 0.6 is 0 Å². The normalized spacial score (nSPS) is 9.87. The van der Waals surface area contributed by atoms with Crippen molar-refractivity contribution in [3.8, 4) is 0 Å². The van der Waals surface area contributed by atoms with Crippen molar-refractivity contribution in [2.24, 2.45) is 0 Å². The van der Waals surface area contributed by atoms with Crippen molar-refractivity contribution in [2.45, 2.75) is 0 Å². The van der Waals surface area contributed by atoms with Gasteiger partial charge in [-0.25, -0.2) is 4.98 Å². The zero-order chi connectivity index (χ0) is 10.7. The van der Waals surface area contributed by atoms with Gasteiger partial charge in [0.25, 0.3) is 5.56 Å². The maximum atomic E-state index is 11.2. The molecule has 0 amide bonds. The Morgan fingerprint density at radius 1 is 1.47 bits per heavy atom. The van der Waals surface area contributed by atoms with Crippen molar-refractivity contribution >= 4 is 17.2 Å². The number of anilines is 3. The lowest BCUT2D eigenvalue weighted by atomic mass is 10.4. The predicted octanol–water partition coefficient (Wildman–Crippen LogP) is 0.491. The summed E-state index contributed by atoms with van der Waals surface area (Å²) < 4.78 is 0. The van der Waals surface area contributed by atoms with E-state index in [4.69, 9.17) is 5.73 Å². The first-order chi connectivity index (χ1) is 7.27. The third kappa shape index (κ3) is 1.93. The molecule has 2 rings (SSSR count). The van der Waals surface area contributed by atoms with Crippen molar-refractivity contribution in [1.29, 1.82) is 0 Å². The summed E-state index contributed by atoms with van der Waals surface area (Å²) in [5, 5.41) is 2.89. The van der Waals surface area contributed by atoms with Gasteiger partial charge in [-0.3, -0.25) is 9.78 Å². The Morgan fingerprint density at radius 3 is 3.07 bits per heavy atom. The monoisotopic (exact) mass is 203 g/mol. The van der Waals surface area contributed by atoms with Crippen LogP contribution in [0.25, 0.3) is 0 Å². The minimum absolute atomic E-state index is 0.0568. The summed E-state index contributed by atoms with van der Waals surface area (Å²) >= 11 is 0. The average molecular weight is 203 g/mol. The number of nitrogens with zero attached hydrogens (tertiary/aromatic N) is 2. The van der Waals surface area contributed by atoms with E-state index in [1.54, 1.807) is 24.5 Å². The number of nitrogens with two attached hydrogens (primary N) is 1. The van der Waals surface area contributed by atoms with E-state index in [2.05, 4.69) is 20.3 Å². The zero-order valence-corrected chi connectivity index (χ0v) is 7.77. The van der Waals surface area contributed by atoms with Gasteiger partial charge in [0.05, 0.1) is 18.2 Å². The van der Waals surface area contributed by atoms with Crippen LogP contribution in [0.1, 0.15) is 0 Å². The molecule has 0 bridgehead atoms. The Labute approximate surface area is 85.2 Å². The fraction of sp³-hybridized carbons (Fsp3) is 0. The molecule has 0 aromatic carbocycles. The molecule has 2 aromatic rings. The molecule has 0 atom stereocenters. The number of hydrogen-bond donors (Lipinski definition) is 3. The largest absolute Gasteiger partial charge is 0.391 e. The Bertz CT molecular complexity index is 507. The van der Waals surface area contributed by atoms with Crippen LogP contribution in [0.4, 0.5) is 17.2 Å². The van der Waals surface area contributed by atoms with Crippen LogP contribution in [0.2, 0.25) is 0 Å². The number of aromatic nitrogens is 3. The highest BCUT2D eigenvalue weighted by Gasteiger charge is 2.03. The molecular formula is C9H9N5O. The summed E-state index contributed by atoms with van der Waals surface area (Å²) in [5.74, 6) is 0.326. The van der Waals surface area contributed by atoms with E-state index in [1.807, 2.05) is 0 Å². The van der Waals surface area contributed by atoms with E-state index in [9.17, 15) is 4.79 Å². The van der Waals surface area contributed by atoms with Crippen LogP contribution in [0.3, 0.4) is 0 Å². The summed E-state index contributed by atoms with van der Waals surface area (Å²) in [6.45, 7) is 0. The van der Waals surface area contributed by atoms with Crippen molar-refractivity contribution in [2.75, 3.05) is 11.1 Å². The smallest absolute Gasteiger partial charge is 0.276 e. The number of pyridine rings is 1. The highest BCUT2D eigenvalue weighted by atomic mass is 16.1. The van der Waals surface area contributed by atoms with Crippen molar-refractivity contribution in [3.63, 3.8) is 0 Å². The molecule has 6 heteroatoms. The Morgan fingerprint density at radius 2 is 2.33 bits per heavy atom. The first kappa shape index (κ1) is 9.20. The summed E-state index contributed by atoms with van der Waals surface area (Å²) in [5.41, 5.74) is 5.96. The van der Waals surface area contributed by atoms with Crippen molar-refractivity contribution < 1.29 is 0 Å². The molecule has 0 spiro atoms. The number of nitrogens with one attached hydrogen (secondary N) is 2. The molecule has 0 aliphatic heterocycles. The number of H-pyrrole nitrogens is 1. The van der Waals surface area contributed by atoms with Gasteiger partial charge < -0.3 is 16.0 Å². The molecule has 0 saturated heterocycles. The second-order valence-electron chi connectivity index (χ2n) is 2.86. The fourth-order valence-corrected chi connectivity index (χ4v) is 1.08. The molecule has 0 radical (unpaired) electrons. The van der Waals surface area contributed by atoms with Crippen LogP contribution in [-0.4, -0.2) is 15.0 Å². The molecule has 0 fully saturated rings. The van der Waals surface area contributed by atoms with Gasteiger partial charge in [0, 0.05) is 6.20 Å². The van der Waals surface area contributed by atoms with Crippen LogP contribution in [0, 0.1) is 0 Å². The first-order valence-electron chi connectivity index (χ1n) is 4.27. The third-order valence-electron chi connectivity index (χ3n) is 1.81. The summed E-state index contributed by atoms with van der Waals surface area (Å²) in [6.07, 6.45) is 4.56.